The van der Waals surface area contributed by atoms with Crippen molar-refractivity contribution in [3.63, 3.8) is 0 Å². The molecule has 3 aliphatic rings. The van der Waals surface area contributed by atoms with E-state index in [4.69, 9.17) is 19.1 Å². The molecule has 11 heteroatoms. The number of benzene rings is 2. The second-order valence-corrected chi connectivity index (χ2v) is 15.4. The van der Waals surface area contributed by atoms with E-state index in [2.05, 4.69) is 47.5 Å². The highest BCUT2D eigenvalue weighted by Gasteiger charge is 2.44. The molecule has 3 aromatic rings. The van der Waals surface area contributed by atoms with Crippen LogP contribution in [0.5, 0.6) is 11.8 Å². The highest BCUT2D eigenvalue weighted by Crippen LogP contribution is 2.45. The molecule has 1 saturated heterocycles. The first-order chi connectivity index (χ1) is 19.6. The maximum absolute atomic E-state index is 14.0. The van der Waals surface area contributed by atoms with Gasteiger partial charge >= 0.3 is 15.1 Å². The third-order valence-electron chi connectivity index (χ3n) is 8.38. The molecule has 0 bridgehead atoms. The number of aromatic hydroxyl groups is 1. The highest BCUT2D eigenvalue weighted by molar-refractivity contribution is 14.1. The van der Waals surface area contributed by atoms with Crippen LogP contribution < -0.4 is 9.64 Å². The van der Waals surface area contributed by atoms with Gasteiger partial charge in [0.15, 0.2) is 0 Å². The summed E-state index contributed by atoms with van der Waals surface area (Å²) in [7, 11) is -0.892. The minimum absolute atomic E-state index is 0.0639. The Morgan fingerprint density at radius 1 is 1.17 bits per heavy atom. The first-order valence-electron chi connectivity index (χ1n) is 14.2. The molecule has 6 rings (SSSR count). The number of hydrogen-bond donors (Lipinski definition) is 2. The molecule has 3 heterocycles. The Labute approximate surface area is 255 Å². The first kappa shape index (κ1) is 28.6. The number of fused-ring (bicyclic) bond motifs is 2. The van der Waals surface area contributed by atoms with Gasteiger partial charge in [0, 0.05) is 26.5 Å². The number of aliphatic hydroxyl groups is 1. The van der Waals surface area contributed by atoms with E-state index in [0.717, 1.165) is 63.6 Å². The number of amides is 1. The Bertz CT molecular complexity index is 1500. The monoisotopic (exact) mass is 687 g/mol. The zero-order valence-corrected chi connectivity index (χ0v) is 26.9. The second-order valence-electron chi connectivity index (χ2n) is 12.2. The summed E-state index contributed by atoms with van der Waals surface area (Å²) in [6.45, 7) is 9.19. The minimum atomic E-state index is -0.892. The quantitative estimate of drug-likeness (QED) is 0.255. The van der Waals surface area contributed by atoms with Crippen LogP contribution in [0.3, 0.4) is 0 Å². The van der Waals surface area contributed by atoms with E-state index in [9.17, 15) is 15.0 Å². The number of rotatable bonds is 8. The van der Waals surface area contributed by atoms with Crippen molar-refractivity contribution in [3.05, 3.63) is 50.7 Å². The molecule has 1 aliphatic carbocycles. The van der Waals surface area contributed by atoms with Crippen LogP contribution >= 0.6 is 22.6 Å². The lowest BCUT2D eigenvalue weighted by atomic mass is 9.95. The van der Waals surface area contributed by atoms with E-state index in [1.165, 1.54) is 0 Å². The number of ether oxygens (including phenoxy) is 1. The molecule has 1 amide bonds. The Hall–Kier alpha value is -2.48. The molecule has 2 aliphatic heterocycles. The van der Waals surface area contributed by atoms with Gasteiger partial charge in [-0.3, -0.25) is 4.79 Å². The topological polar surface area (TPSA) is 108 Å². The van der Waals surface area contributed by atoms with Crippen molar-refractivity contribution < 1.29 is 24.2 Å². The van der Waals surface area contributed by atoms with Gasteiger partial charge in [-0.1, -0.05) is 12.1 Å². The molecule has 41 heavy (non-hydrogen) atoms. The molecule has 2 aromatic carbocycles. The first-order valence-corrected chi connectivity index (χ1v) is 17.7. The Morgan fingerprint density at radius 2 is 1.98 bits per heavy atom. The predicted molar refractivity (Wildman–Crippen MR) is 167 cm³/mol. The van der Waals surface area contributed by atoms with Crippen molar-refractivity contribution in [3.8, 4) is 11.8 Å². The molecule has 1 aromatic heterocycles. The van der Waals surface area contributed by atoms with Crippen molar-refractivity contribution in [2.45, 2.75) is 64.4 Å². The Balaban J connectivity index is 1.34. The number of aliphatic hydroxyl groups excluding tert-OH is 1. The zero-order chi connectivity index (χ0) is 28.9. The number of carbonyl (C=O) groups is 1. The standard InChI is InChI=1S/C30H35IN4O5Si/c1-29(40-41(2)3)8-5-11-34(16-29)26-22-14-35(15-24(22)32-28(33-26)39-18-30(17-36)9-10-30)27(38)21-13-20(37)12-19-6-4-7-23(31)25(19)21/h4,6-7,12-13,36H,5,8-11,14-18H2,1-3H3/p+1/t29-/m1/s1. The Kier molecular flexibility index (Phi) is 7.66. The number of phenols is 1. The highest BCUT2D eigenvalue weighted by atomic mass is 127. The number of piperidine rings is 1. The maximum Gasteiger partial charge on any atom is 0.467 e. The molecular weight excluding hydrogens is 651 g/mol. The van der Waals surface area contributed by atoms with Crippen molar-refractivity contribution in [2.24, 2.45) is 5.41 Å². The summed E-state index contributed by atoms with van der Waals surface area (Å²) in [6, 6.07) is 9.34. The fourth-order valence-electron chi connectivity index (χ4n) is 6.10. The van der Waals surface area contributed by atoms with E-state index in [-0.39, 0.29) is 35.3 Å². The number of carbonyl (C=O) groups excluding carboxylic acids is 1. The lowest BCUT2D eigenvalue weighted by molar-refractivity contribution is 0.0705. The molecule has 0 unspecified atom stereocenters. The summed E-state index contributed by atoms with van der Waals surface area (Å²) in [5, 5.41) is 21.9. The number of aromatic nitrogens is 2. The van der Waals surface area contributed by atoms with Gasteiger partial charge in [-0.25, -0.2) is 4.43 Å². The van der Waals surface area contributed by atoms with Gasteiger partial charge in [0.05, 0.1) is 57.2 Å². The largest absolute Gasteiger partial charge is 0.508 e. The van der Waals surface area contributed by atoms with E-state index in [1.807, 2.05) is 18.2 Å². The van der Waals surface area contributed by atoms with E-state index < -0.39 is 9.04 Å². The summed E-state index contributed by atoms with van der Waals surface area (Å²) in [5.74, 6) is 0.698. The number of anilines is 1. The number of hydrogen-bond acceptors (Lipinski definition) is 8. The van der Waals surface area contributed by atoms with Crippen LogP contribution in [0.1, 0.15) is 54.2 Å². The molecule has 216 valence electrons. The summed E-state index contributed by atoms with van der Waals surface area (Å²) in [6.07, 6.45) is 3.83. The summed E-state index contributed by atoms with van der Waals surface area (Å²) in [5.41, 5.74) is 1.71. The van der Waals surface area contributed by atoms with Crippen LogP contribution in [0, 0.1) is 8.99 Å². The van der Waals surface area contributed by atoms with Crippen molar-refractivity contribution in [1.29, 1.82) is 0 Å². The number of nitrogens with zero attached hydrogens (tertiary/aromatic N) is 4. The molecule has 9 nitrogen and oxygen atoms in total. The van der Waals surface area contributed by atoms with Crippen molar-refractivity contribution in [1.82, 2.24) is 14.9 Å². The van der Waals surface area contributed by atoms with Crippen LogP contribution in [0.25, 0.3) is 10.8 Å². The van der Waals surface area contributed by atoms with Crippen molar-refractivity contribution in [2.75, 3.05) is 31.2 Å². The molecule has 2 N–H and O–H groups in total. The van der Waals surface area contributed by atoms with E-state index in [1.54, 1.807) is 17.0 Å². The van der Waals surface area contributed by atoms with Crippen LogP contribution in [-0.4, -0.2) is 71.9 Å². The van der Waals surface area contributed by atoms with Crippen LogP contribution in [0.15, 0.2) is 30.3 Å². The van der Waals surface area contributed by atoms with Crippen LogP contribution in [0.2, 0.25) is 13.1 Å². The van der Waals surface area contributed by atoms with Gasteiger partial charge in [0.25, 0.3) is 5.91 Å². The molecular formula is C30H36IN4O5Si+. The molecule has 1 saturated carbocycles. The third kappa shape index (κ3) is 5.78. The molecule has 2 fully saturated rings. The fourth-order valence-corrected chi connectivity index (χ4v) is 8.06. The second kappa shape index (κ2) is 11.0. The lowest BCUT2D eigenvalue weighted by Crippen LogP contribution is -2.50. The average molecular weight is 688 g/mol. The predicted octanol–water partition coefficient (Wildman–Crippen LogP) is 4.87. The zero-order valence-electron chi connectivity index (χ0n) is 23.7. The average Bonchev–Trinajstić information content (AvgIpc) is 3.59. The van der Waals surface area contributed by atoms with Crippen molar-refractivity contribution >= 4 is 54.1 Å². The van der Waals surface area contributed by atoms with Gasteiger partial charge in [0.2, 0.25) is 0 Å². The van der Waals surface area contributed by atoms with Gasteiger partial charge in [-0.15, -0.1) is 0 Å². The smallest absolute Gasteiger partial charge is 0.467 e. The summed E-state index contributed by atoms with van der Waals surface area (Å²) in [4.78, 5) is 27.7. The molecule has 0 spiro atoms. The fraction of sp³-hybridized carbons (Fsp3) is 0.500. The van der Waals surface area contributed by atoms with E-state index in [0.29, 0.717) is 31.8 Å². The number of halogens is 1. The lowest BCUT2D eigenvalue weighted by Gasteiger charge is -2.39. The van der Waals surface area contributed by atoms with Gasteiger partial charge in [-0.05, 0) is 78.8 Å². The summed E-state index contributed by atoms with van der Waals surface area (Å²) >= 11 is 2.24. The third-order valence-corrected chi connectivity index (χ3v) is 10.2. The van der Waals surface area contributed by atoms with Crippen LogP contribution in [-0.2, 0) is 17.5 Å². The Morgan fingerprint density at radius 3 is 2.71 bits per heavy atom. The molecule has 0 radical (unpaired) electrons. The number of phenolic OH excluding ortho intramolecular Hbond substituents is 1. The molecule has 1 atom stereocenters. The van der Waals surface area contributed by atoms with Gasteiger partial charge in [-0.2, -0.15) is 9.97 Å². The van der Waals surface area contributed by atoms with Crippen LogP contribution in [0.4, 0.5) is 5.82 Å². The van der Waals surface area contributed by atoms with Gasteiger partial charge in [0.1, 0.15) is 17.2 Å². The minimum Gasteiger partial charge on any atom is -0.508 e. The van der Waals surface area contributed by atoms with E-state index >= 15 is 0 Å². The van der Waals surface area contributed by atoms with Gasteiger partial charge < -0.3 is 24.7 Å². The normalized spacial score (nSPS) is 21.2. The maximum atomic E-state index is 14.0. The SMILES string of the molecule is C[Si+](C)O[C@]1(C)CCCN(c2nc(OCC3(CO)CC3)nc3c2CN(C(=O)c2cc(O)cc4cccc(I)c24)C3)C1. The summed E-state index contributed by atoms with van der Waals surface area (Å²) < 4.78 is 13.5.